The van der Waals surface area contributed by atoms with Gasteiger partial charge in [0, 0.05) is 25.0 Å². The van der Waals surface area contributed by atoms with Crippen molar-refractivity contribution in [2.24, 2.45) is 7.05 Å². The third-order valence-corrected chi connectivity index (χ3v) is 3.20. The van der Waals surface area contributed by atoms with Gasteiger partial charge in [-0.3, -0.25) is 4.68 Å². The highest BCUT2D eigenvalue weighted by atomic mass is 32.1. The van der Waals surface area contributed by atoms with E-state index in [1.165, 1.54) is 0 Å². The van der Waals surface area contributed by atoms with Gasteiger partial charge in [0.15, 0.2) is 0 Å². The Hall–Kier alpha value is -1.27. The number of aromatic nitrogens is 4. The average molecular weight is 237 g/mol. The van der Waals surface area contributed by atoms with Gasteiger partial charge < -0.3 is 5.32 Å². The molecule has 86 valence electrons. The highest BCUT2D eigenvalue weighted by Gasteiger charge is 2.14. The highest BCUT2D eigenvalue weighted by Crippen LogP contribution is 2.19. The summed E-state index contributed by atoms with van der Waals surface area (Å²) in [7, 11) is 3.81. The Bertz CT molecular complexity index is 461. The lowest BCUT2D eigenvalue weighted by atomic mass is 10.1. The van der Waals surface area contributed by atoms with E-state index in [9.17, 15) is 0 Å². The summed E-state index contributed by atoms with van der Waals surface area (Å²) >= 11 is 1.67. The van der Waals surface area contributed by atoms with Crippen LogP contribution >= 0.6 is 11.3 Å². The molecule has 1 atom stereocenters. The lowest BCUT2D eigenvalue weighted by Gasteiger charge is -2.11. The fraction of sp³-hybridized carbons (Fsp3) is 0.500. The second-order valence-electron chi connectivity index (χ2n) is 3.72. The van der Waals surface area contributed by atoms with E-state index < -0.39 is 0 Å². The summed E-state index contributed by atoms with van der Waals surface area (Å²) in [6.45, 7) is 2.02. The predicted molar refractivity (Wildman–Crippen MR) is 63.4 cm³/mol. The SMILES string of the molecule is CNC(Cc1cn(C)nn1)c1csc(C)n1. The topological polar surface area (TPSA) is 55.6 Å². The van der Waals surface area contributed by atoms with Gasteiger partial charge in [-0.2, -0.15) is 0 Å². The summed E-state index contributed by atoms with van der Waals surface area (Å²) in [5.41, 5.74) is 2.06. The first-order chi connectivity index (χ1) is 7.69. The van der Waals surface area contributed by atoms with Crippen molar-refractivity contribution in [1.29, 1.82) is 0 Å². The second-order valence-corrected chi connectivity index (χ2v) is 4.78. The molecule has 0 radical (unpaired) electrons. The number of hydrogen-bond acceptors (Lipinski definition) is 5. The quantitative estimate of drug-likeness (QED) is 0.864. The molecule has 1 unspecified atom stereocenters. The Kier molecular flexibility index (Phi) is 3.31. The summed E-state index contributed by atoms with van der Waals surface area (Å²) < 4.78 is 1.72. The van der Waals surface area contributed by atoms with Crippen LogP contribution in [0.25, 0.3) is 0 Å². The summed E-state index contributed by atoms with van der Waals surface area (Å²) in [6.07, 6.45) is 2.75. The van der Waals surface area contributed by atoms with E-state index in [2.05, 4.69) is 26.0 Å². The van der Waals surface area contributed by atoms with Crippen molar-refractivity contribution in [3.05, 3.63) is 28.0 Å². The Labute approximate surface area is 98.5 Å². The molecule has 6 heteroatoms. The first-order valence-corrected chi connectivity index (χ1v) is 6.01. The van der Waals surface area contributed by atoms with E-state index in [0.29, 0.717) is 0 Å². The molecule has 2 heterocycles. The van der Waals surface area contributed by atoms with E-state index in [1.807, 2.05) is 27.2 Å². The lowest BCUT2D eigenvalue weighted by Crippen LogP contribution is -2.19. The zero-order valence-corrected chi connectivity index (χ0v) is 10.5. The van der Waals surface area contributed by atoms with Crippen LogP contribution in [-0.2, 0) is 13.5 Å². The molecule has 0 aliphatic rings. The van der Waals surface area contributed by atoms with Crippen LogP contribution in [0, 0.1) is 6.92 Å². The second kappa shape index (κ2) is 4.71. The van der Waals surface area contributed by atoms with E-state index >= 15 is 0 Å². The van der Waals surface area contributed by atoms with Crippen molar-refractivity contribution in [3.8, 4) is 0 Å². The lowest BCUT2D eigenvalue weighted by molar-refractivity contribution is 0.570. The van der Waals surface area contributed by atoms with Gasteiger partial charge in [0.05, 0.1) is 22.4 Å². The minimum atomic E-state index is 0.210. The Balaban J connectivity index is 2.12. The van der Waals surface area contributed by atoms with Crippen LogP contribution in [-0.4, -0.2) is 27.0 Å². The van der Waals surface area contributed by atoms with Crippen LogP contribution in [0.1, 0.15) is 22.4 Å². The van der Waals surface area contributed by atoms with Gasteiger partial charge in [-0.15, -0.1) is 16.4 Å². The Morgan fingerprint density at radius 3 is 2.88 bits per heavy atom. The molecule has 0 spiro atoms. The standard InChI is InChI=1S/C10H15N5S/c1-7-12-10(6-16-7)9(11-2)4-8-5-15(3)14-13-8/h5-6,9,11H,4H2,1-3H3. The maximum atomic E-state index is 4.49. The number of aryl methyl sites for hydroxylation is 2. The zero-order chi connectivity index (χ0) is 11.5. The van der Waals surface area contributed by atoms with Gasteiger partial charge in [0.2, 0.25) is 0 Å². The van der Waals surface area contributed by atoms with Crippen LogP contribution in [0.15, 0.2) is 11.6 Å². The number of rotatable bonds is 4. The first-order valence-electron chi connectivity index (χ1n) is 5.13. The molecule has 16 heavy (non-hydrogen) atoms. The molecule has 0 aromatic carbocycles. The number of nitrogens with one attached hydrogen (secondary N) is 1. The van der Waals surface area contributed by atoms with Crippen LogP contribution < -0.4 is 5.32 Å². The van der Waals surface area contributed by atoms with Crippen LogP contribution in [0.5, 0.6) is 0 Å². The molecule has 0 aliphatic carbocycles. The normalized spacial score (nSPS) is 12.9. The van der Waals surface area contributed by atoms with Crippen molar-refractivity contribution in [2.75, 3.05) is 7.05 Å². The molecule has 2 aromatic rings. The van der Waals surface area contributed by atoms with Gasteiger partial charge >= 0.3 is 0 Å². The van der Waals surface area contributed by atoms with E-state index in [4.69, 9.17) is 0 Å². The van der Waals surface area contributed by atoms with Crippen LogP contribution in [0.4, 0.5) is 0 Å². The number of hydrogen-bond donors (Lipinski definition) is 1. The fourth-order valence-electron chi connectivity index (χ4n) is 1.59. The maximum Gasteiger partial charge on any atom is 0.0898 e. The van der Waals surface area contributed by atoms with Gasteiger partial charge in [-0.05, 0) is 14.0 Å². The summed E-state index contributed by atoms with van der Waals surface area (Å²) in [4.78, 5) is 4.49. The zero-order valence-electron chi connectivity index (χ0n) is 9.64. The smallest absolute Gasteiger partial charge is 0.0898 e. The molecule has 0 saturated heterocycles. The molecule has 5 nitrogen and oxygen atoms in total. The molecule has 2 aromatic heterocycles. The minimum Gasteiger partial charge on any atom is -0.311 e. The molecular weight excluding hydrogens is 222 g/mol. The predicted octanol–water partition coefficient (Wildman–Crippen LogP) is 1.08. The van der Waals surface area contributed by atoms with Gasteiger partial charge in [0.25, 0.3) is 0 Å². The molecule has 1 N–H and O–H groups in total. The fourth-order valence-corrected chi connectivity index (χ4v) is 2.26. The molecule has 0 bridgehead atoms. The monoisotopic (exact) mass is 237 g/mol. The number of nitrogens with zero attached hydrogens (tertiary/aromatic N) is 4. The molecule has 0 aliphatic heterocycles. The molecule has 2 rings (SSSR count). The average Bonchev–Trinajstić information content (AvgIpc) is 2.84. The van der Waals surface area contributed by atoms with E-state index in [1.54, 1.807) is 16.0 Å². The van der Waals surface area contributed by atoms with E-state index in [-0.39, 0.29) is 6.04 Å². The van der Waals surface area contributed by atoms with Gasteiger partial charge in [-0.1, -0.05) is 5.21 Å². The molecule has 0 amide bonds. The third kappa shape index (κ3) is 2.45. The number of thiazole rings is 1. The minimum absolute atomic E-state index is 0.210. The van der Waals surface area contributed by atoms with Crippen molar-refractivity contribution < 1.29 is 0 Å². The summed E-state index contributed by atoms with van der Waals surface area (Å²) in [6, 6.07) is 0.210. The first kappa shape index (κ1) is 11.2. The molecule has 0 fully saturated rings. The van der Waals surface area contributed by atoms with Crippen LogP contribution in [0.2, 0.25) is 0 Å². The van der Waals surface area contributed by atoms with Crippen molar-refractivity contribution in [2.45, 2.75) is 19.4 Å². The van der Waals surface area contributed by atoms with Crippen molar-refractivity contribution in [3.63, 3.8) is 0 Å². The molecule has 0 saturated carbocycles. The van der Waals surface area contributed by atoms with Gasteiger partial charge in [-0.25, -0.2) is 4.98 Å². The van der Waals surface area contributed by atoms with E-state index in [0.717, 1.165) is 22.8 Å². The Morgan fingerprint density at radius 2 is 2.38 bits per heavy atom. The van der Waals surface area contributed by atoms with Crippen LogP contribution in [0.3, 0.4) is 0 Å². The van der Waals surface area contributed by atoms with Crippen molar-refractivity contribution in [1.82, 2.24) is 25.3 Å². The van der Waals surface area contributed by atoms with Gasteiger partial charge in [0.1, 0.15) is 0 Å². The Morgan fingerprint density at radius 1 is 1.56 bits per heavy atom. The summed E-state index contributed by atoms with van der Waals surface area (Å²) in [5.74, 6) is 0. The molecular formula is C10H15N5S. The van der Waals surface area contributed by atoms with Crippen molar-refractivity contribution >= 4 is 11.3 Å². The summed E-state index contributed by atoms with van der Waals surface area (Å²) in [5, 5.41) is 14.4. The third-order valence-electron chi connectivity index (χ3n) is 2.41. The largest absolute Gasteiger partial charge is 0.311 e. The maximum absolute atomic E-state index is 4.49. The highest BCUT2D eigenvalue weighted by molar-refractivity contribution is 7.09. The number of likely N-dealkylation sites (N-methyl/N-ethyl adjacent to an activating group) is 1.